The molecular weight excluding hydrogens is 447 g/mol. The highest BCUT2D eigenvalue weighted by Crippen LogP contribution is 2.23. The quantitative estimate of drug-likeness (QED) is 0.314. The number of halogens is 1. The largest absolute Gasteiger partial charge is 0.301 e. The van der Waals surface area contributed by atoms with E-state index in [0.29, 0.717) is 26.9 Å². The first-order chi connectivity index (χ1) is 14.5. The summed E-state index contributed by atoms with van der Waals surface area (Å²) >= 11 is 4.14. The zero-order valence-corrected chi connectivity index (χ0v) is 18.1. The van der Waals surface area contributed by atoms with Crippen molar-refractivity contribution in [2.24, 2.45) is 0 Å². The molecule has 0 bridgehead atoms. The summed E-state index contributed by atoms with van der Waals surface area (Å²) in [5, 5.41) is 13.5. The number of carbonyl (C=O) groups is 1. The van der Waals surface area contributed by atoms with Gasteiger partial charge in [0, 0.05) is 0 Å². The lowest BCUT2D eigenvalue weighted by Gasteiger charge is -2.04. The number of benzene rings is 1. The lowest BCUT2D eigenvalue weighted by molar-refractivity contribution is -0.116. The first-order valence-corrected chi connectivity index (χ1v) is 11.7. The summed E-state index contributed by atoms with van der Waals surface area (Å²) in [6, 6.07) is 5.72. The summed E-state index contributed by atoms with van der Waals surface area (Å²) in [6.45, 7) is 2.03. The van der Waals surface area contributed by atoms with E-state index < -0.39 is 0 Å². The van der Waals surface area contributed by atoms with Crippen LogP contribution in [0.2, 0.25) is 0 Å². The summed E-state index contributed by atoms with van der Waals surface area (Å²) in [4.78, 5) is 31.8. The Bertz CT molecular complexity index is 1250. The minimum atomic E-state index is -0.369. The fourth-order valence-corrected chi connectivity index (χ4v) is 5.13. The van der Waals surface area contributed by atoms with Gasteiger partial charge in [-0.3, -0.25) is 9.59 Å². The summed E-state index contributed by atoms with van der Waals surface area (Å²) in [6.07, 6.45) is 1.60. The van der Waals surface area contributed by atoms with Gasteiger partial charge in [-0.25, -0.2) is 14.1 Å². The number of hydrogen-bond donors (Lipinski definition) is 1. The van der Waals surface area contributed by atoms with Gasteiger partial charge in [-0.2, -0.15) is 5.10 Å². The molecule has 0 amide bonds. The van der Waals surface area contributed by atoms with Crippen LogP contribution in [0.5, 0.6) is 0 Å². The van der Waals surface area contributed by atoms with Gasteiger partial charge in [0.15, 0.2) is 15.1 Å². The molecule has 8 nitrogen and oxygen atoms in total. The van der Waals surface area contributed by atoms with E-state index in [0.717, 1.165) is 21.9 Å². The van der Waals surface area contributed by atoms with Crippen LogP contribution in [0.15, 0.2) is 44.8 Å². The molecule has 3 aromatic heterocycles. The van der Waals surface area contributed by atoms with Gasteiger partial charge >= 0.3 is 0 Å². The minimum Gasteiger partial charge on any atom is -0.301 e. The standard InChI is InChI=1S/C18H15FN6O2S3/c1-2-28-18-24-23-14(30-18)7-12(26)9-29-17-21-15-13(16(27)22-17)8-20-25(15)11-5-3-10(19)4-6-11/h3-6,8H,2,7,9H2,1H3,(H,21,22,27). The first kappa shape index (κ1) is 20.7. The number of Topliss-reactive ketones (excluding diaryl/α,β-unsaturated/α-hetero) is 1. The van der Waals surface area contributed by atoms with Crippen LogP contribution in [0.4, 0.5) is 4.39 Å². The number of thioether (sulfide) groups is 2. The second-order valence-electron chi connectivity index (χ2n) is 6.04. The predicted octanol–water partition coefficient (Wildman–Crippen LogP) is 3.12. The van der Waals surface area contributed by atoms with Gasteiger partial charge in [0.05, 0.1) is 24.1 Å². The van der Waals surface area contributed by atoms with E-state index in [4.69, 9.17) is 0 Å². The Balaban J connectivity index is 1.50. The number of fused-ring (bicyclic) bond motifs is 1. The number of aromatic amines is 1. The molecule has 12 heteroatoms. The smallest absolute Gasteiger partial charge is 0.262 e. The van der Waals surface area contributed by atoms with E-state index >= 15 is 0 Å². The third-order valence-electron chi connectivity index (χ3n) is 3.92. The molecule has 0 aliphatic carbocycles. The molecule has 0 fully saturated rings. The zero-order chi connectivity index (χ0) is 21.1. The molecule has 0 saturated carbocycles. The van der Waals surface area contributed by atoms with Gasteiger partial charge in [-0.05, 0) is 30.0 Å². The van der Waals surface area contributed by atoms with Crippen LogP contribution in [0, 0.1) is 5.82 Å². The number of rotatable bonds is 8. The summed E-state index contributed by atoms with van der Waals surface area (Å²) in [5.41, 5.74) is 0.563. The molecule has 0 radical (unpaired) electrons. The van der Waals surface area contributed by atoms with E-state index in [1.807, 2.05) is 6.92 Å². The summed E-state index contributed by atoms with van der Waals surface area (Å²) < 4.78 is 15.5. The van der Waals surface area contributed by atoms with Crippen LogP contribution in [0.1, 0.15) is 11.9 Å². The highest BCUT2D eigenvalue weighted by atomic mass is 32.2. The number of H-pyrrole nitrogens is 1. The molecule has 0 unspecified atom stereocenters. The Morgan fingerprint density at radius 1 is 1.23 bits per heavy atom. The molecule has 0 atom stereocenters. The van der Waals surface area contributed by atoms with E-state index in [2.05, 4.69) is 25.3 Å². The van der Waals surface area contributed by atoms with Crippen LogP contribution in [0.3, 0.4) is 0 Å². The Kier molecular flexibility index (Phi) is 6.25. The van der Waals surface area contributed by atoms with E-state index in [9.17, 15) is 14.0 Å². The maximum atomic E-state index is 13.2. The lowest BCUT2D eigenvalue weighted by Crippen LogP contribution is -2.11. The molecule has 154 valence electrons. The minimum absolute atomic E-state index is 0.0426. The van der Waals surface area contributed by atoms with Crippen molar-refractivity contribution in [3.8, 4) is 5.69 Å². The average Bonchev–Trinajstić information content (AvgIpc) is 3.35. The Morgan fingerprint density at radius 2 is 2.03 bits per heavy atom. The van der Waals surface area contributed by atoms with E-state index in [-0.39, 0.29) is 29.3 Å². The molecular formula is C18H15FN6O2S3. The van der Waals surface area contributed by atoms with Gasteiger partial charge < -0.3 is 4.98 Å². The third kappa shape index (κ3) is 4.60. The predicted molar refractivity (Wildman–Crippen MR) is 115 cm³/mol. The van der Waals surface area contributed by atoms with Crippen LogP contribution in [-0.4, -0.2) is 47.2 Å². The van der Waals surface area contributed by atoms with Gasteiger partial charge in [0.2, 0.25) is 0 Å². The van der Waals surface area contributed by atoms with Crippen molar-refractivity contribution in [3.05, 3.63) is 51.6 Å². The maximum Gasteiger partial charge on any atom is 0.262 e. The highest BCUT2D eigenvalue weighted by Gasteiger charge is 2.14. The first-order valence-electron chi connectivity index (χ1n) is 8.87. The Labute approximate surface area is 182 Å². The molecule has 30 heavy (non-hydrogen) atoms. The number of nitrogens with one attached hydrogen (secondary N) is 1. The van der Waals surface area contributed by atoms with Crippen molar-refractivity contribution < 1.29 is 9.18 Å². The van der Waals surface area contributed by atoms with Gasteiger partial charge in [-0.1, -0.05) is 41.8 Å². The van der Waals surface area contributed by atoms with Crippen molar-refractivity contribution in [2.45, 2.75) is 22.8 Å². The van der Waals surface area contributed by atoms with Crippen molar-refractivity contribution >= 4 is 51.7 Å². The van der Waals surface area contributed by atoms with Gasteiger partial charge in [0.1, 0.15) is 22.0 Å². The van der Waals surface area contributed by atoms with Crippen LogP contribution >= 0.6 is 34.9 Å². The fourth-order valence-electron chi connectivity index (χ4n) is 2.60. The van der Waals surface area contributed by atoms with Crippen LogP contribution < -0.4 is 5.56 Å². The van der Waals surface area contributed by atoms with Gasteiger partial charge in [0.25, 0.3) is 5.56 Å². The molecule has 0 aliphatic rings. The zero-order valence-electron chi connectivity index (χ0n) is 15.7. The number of hydrogen-bond acceptors (Lipinski definition) is 9. The summed E-state index contributed by atoms with van der Waals surface area (Å²) in [5.74, 6) is 0.620. The summed E-state index contributed by atoms with van der Waals surface area (Å²) in [7, 11) is 0. The van der Waals surface area contributed by atoms with Crippen molar-refractivity contribution in [1.29, 1.82) is 0 Å². The molecule has 0 aliphatic heterocycles. The monoisotopic (exact) mass is 462 g/mol. The Morgan fingerprint density at radius 3 is 2.80 bits per heavy atom. The molecule has 1 aromatic carbocycles. The number of nitrogens with zero attached hydrogens (tertiary/aromatic N) is 5. The lowest BCUT2D eigenvalue weighted by atomic mass is 10.3. The topological polar surface area (TPSA) is 106 Å². The van der Waals surface area contributed by atoms with E-state index in [1.165, 1.54) is 34.3 Å². The third-order valence-corrected chi connectivity index (χ3v) is 6.79. The Hall–Kier alpha value is -2.57. The SMILES string of the molecule is CCSc1nnc(CC(=O)CSc2nc3c(cnn3-c3ccc(F)cc3)c(=O)[nH]2)s1. The number of ketones is 1. The van der Waals surface area contributed by atoms with Gasteiger partial charge in [-0.15, -0.1) is 10.2 Å². The molecule has 3 heterocycles. The molecule has 4 rings (SSSR count). The second kappa shape index (κ2) is 9.06. The van der Waals surface area contributed by atoms with Crippen LogP contribution in [-0.2, 0) is 11.2 Å². The van der Waals surface area contributed by atoms with Crippen molar-refractivity contribution in [1.82, 2.24) is 29.9 Å². The molecule has 0 spiro atoms. The second-order valence-corrected chi connectivity index (χ2v) is 9.58. The fraction of sp³-hybridized carbons (Fsp3) is 0.222. The maximum absolute atomic E-state index is 13.2. The number of carbonyl (C=O) groups excluding carboxylic acids is 1. The molecule has 4 aromatic rings. The number of aromatic nitrogens is 6. The molecule has 0 saturated heterocycles. The highest BCUT2D eigenvalue weighted by molar-refractivity contribution is 8.01. The van der Waals surface area contributed by atoms with E-state index in [1.54, 1.807) is 23.9 Å². The van der Waals surface area contributed by atoms with Crippen molar-refractivity contribution in [2.75, 3.05) is 11.5 Å². The van der Waals surface area contributed by atoms with Crippen LogP contribution in [0.25, 0.3) is 16.7 Å². The average molecular weight is 463 g/mol. The van der Waals surface area contributed by atoms with Crippen molar-refractivity contribution in [3.63, 3.8) is 0 Å². The molecule has 1 N–H and O–H groups in total. The normalized spacial score (nSPS) is 11.3.